The van der Waals surface area contributed by atoms with Crippen molar-refractivity contribution in [3.63, 3.8) is 0 Å². The van der Waals surface area contributed by atoms with Crippen molar-refractivity contribution >= 4 is 0 Å². The third-order valence-corrected chi connectivity index (χ3v) is 4.12. The number of aryl methyl sites for hydroxylation is 1. The highest BCUT2D eigenvalue weighted by molar-refractivity contribution is 5.53. The lowest BCUT2D eigenvalue weighted by Gasteiger charge is -2.15. The van der Waals surface area contributed by atoms with E-state index in [1.54, 1.807) is 0 Å². The summed E-state index contributed by atoms with van der Waals surface area (Å²) >= 11 is 0. The Bertz CT molecular complexity index is 592. The molecule has 0 spiro atoms. The molecule has 1 aliphatic rings. The quantitative estimate of drug-likeness (QED) is 0.934. The van der Waals surface area contributed by atoms with Crippen LogP contribution in [0.1, 0.15) is 24.7 Å². The Labute approximate surface area is 124 Å². The Morgan fingerprint density at radius 3 is 2.81 bits per heavy atom. The monoisotopic (exact) mass is 287 g/mol. The van der Waals surface area contributed by atoms with Gasteiger partial charge in [0.1, 0.15) is 0 Å². The van der Waals surface area contributed by atoms with Gasteiger partial charge in [0.15, 0.2) is 5.82 Å². The van der Waals surface area contributed by atoms with Crippen molar-refractivity contribution in [2.75, 3.05) is 13.1 Å². The molecule has 0 bridgehead atoms. The summed E-state index contributed by atoms with van der Waals surface area (Å²) in [6, 6.07) is 8.05. The number of hydrogen-bond donors (Lipinski definition) is 1. The molecule has 0 radical (unpaired) electrons. The van der Waals surface area contributed by atoms with Gasteiger partial charge in [-0.3, -0.25) is 4.90 Å². The van der Waals surface area contributed by atoms with Crippen LogP contribution in [0.25, 0.3) is 11.5 Å². The van der Waals surface area contributed by atoms with Gasteiger partial charge >= 0.3 is 0 Å². The molecule has 0 saturated carbocycles. The van der Waals surface area contributed by atoms with Gasteiger partial charge in [-0.15, -0.1) is 0 Å². The molecule has 2 unspecified atom stereocenters. The third kappa shape index (κ3) is 3.31. The Morgan fingerprint density at radius 1 is 1.38 bits per heavy atom. The first-order valence-electron chi connectivity index (χ1n) is 7.42. The van der Waals surface area contributed by atoms with Gasteiger partial charge in [0.25, 0.3) is 5.89 Å². The summed E-state index contributed by atoms with van der Waals surface area (Å²) < 4.78 is 5.34. The number of aliphatic hydroxyl groups excluding tert-OH is 1. The molecule has 1 fully saturated rings. The second-order valence-corrected chi connectivity index (χ2v) is 5.91. The first kappa shape index (κ1) is 14.2. The van der Waals surface area contributed by atoms with Crippen LogP contribution in [0.4, 0.5) is 0 Å². The molecular formula is C16H21N3O2. The predicted molar refractivity (Wildman–Crippen MR) is 79.5 cm³/mol. The molecule has 5 heteroatoms. The van der Waals surface area contributed by atoms with E-state index in [0.717, 1.165) is 25.1 Å². The number of aliphatic hydroxyl groups is 1. The fourth-order valence-electron chi connectivity index (χ4n) is 2.73. The van der Waals surface area contributed by atoms with Crippen molar-refractivity contribution in [3.05, 3.63) is 35.7 Å². The van der Waals surface area contributed by atoms with E-state index in [2.05, 4.69) is 22.0 Å². The molecule has 0 amide bonds. The standard InChI is InChI=1S/C16H21N3O2/c1-11-3-5-13(6-4-11)16-17-15(18-21-16)10-19-8-7-14(9-19)12(2)20/h3-6,12,14,20H,7-10H2,1-2H3. The smallest absolute Gasteiger partial charge is 0.257 e. The molecule has 0 aliphatic carbocycles. The van der Waals surface area contributed by atoms with E-state index < -0.39 is 0 Å². The molecule has 1 saturated heterocycles. The van der Waals surface area contributed by atoms with Crippen molar-refractivity contribution < 1.29 is 9.63 Å². The molecule has 1 N–H and O–H groups in total. The van der Waals surface area contributed by atoms with Gasteiger partial charge in [-0.05, 0) is 44.9 Å². The Kier molecular flexibility index (Phi) is 4.03. The average Bonchev–Trinajstić information content (AvgIpc) is 3.10. The van der Waals surface area contributed by atoms with E-state index in [0.29, 0.717) is 24.2 Å². The summed E-state index contributed by atoms with van der Waals surface area (Å²) in [7, 11) is 0. The topological polar surface area (TPSA) is 62.4 Å². The van der Waals surface area contributed by atoms with E-state index in [1.807, 2.05) is 31.2 Å². The maximum absolute atomic E-state index is 9.63. The number of nitrogens with zero attached hydrogens (tertiary/aromatic N) is 3. The minimum atomic E-state index is -0.247. The van der Waals surface area contributed by atoms with Crippen molar-refractivity contribution in [3.8, 4) is 11.5 Å². The van der Waals surface area contributed by atoms with Gasteiger partial charge in [0.05, 0.1) is 12.6 Å². The largest absolute Gasteiger partial charge is 0.393 e. The van der Waals surface area contributed by atoms with E-state index in [9.17, 15) is 5.11 Å². The second-order valence-electron chi connectivity index (χ2n) is 5.91. The summed E-state index contributed by atoms with van der Waals surface area (Å²) in [6.45, 7) is 6.46. The van der Waals surface area contributed by atoms with Crippen LogP contribution in [0.5, 0.6) is 0 Å². The molecule has 1 aliphatic heterocycles. The van der Waals surface area contributed by atoms with Gasteiger partial charge in [-0.25, -0.2) is 0 Å². The average molecular weight is 287 g/mol. The van der Waals surface area contributed by atoms with E-state index in [1.165, 1.54) is 5.56 Å². The third-order valence-electron chi connectivity index (χ3n) is 4.12. The number of rotatable bonds is 4. The number of likely N-dealkylation sites (tertiary alicyclic amines) is 1. The number of hydrogen-bond acceptors (Lipinski definition) is 5. The van der Waals surface area contributed by atoms with Crippen molar-refractivity contribution in [1.82, 2.24) is 15.0 Å². The molecule has 21 heavy (non-hydrogen) atoms. The molecule has 2 atom stereocenters. The molecule has 3 rings (SSSR count). The number of aromatic nitrogens is 2. The van der Waals surface area contributed by atoms with Gasteiger partial charge < -0.3 is 9.63 Å². The van der Waals surface area contributed by atoms with Crippen LogP contribution in [0.3, 0.4) is 0 Å². The Balaban J connectivity index is 1.64. The lowest BCUT2D eigenvalue weighted by atomic mass is 10.0. The summed E-state index contributed by atoms with van der Waals surface area (Å²) in [6.07, 6.45) is 0.781. The highest BCUT2D eigenvalue weighted by Crippen LogP contribution is 2.22. The fraction of sp³-hybridized carbons (Fsp3) is 0.500. The van der Waals surface area contributed by atoms with Crippen LogP contribution in [-0.2, 0) is 6.54 Å². The maximum Gasteiger partial charge on any atom is 0.257 e. The van der Waals surface area contributed by atoms with E-state index in [-0.39, 0.29) is 6.10 Å². The zero-order valence-corrected chi connectivity index (χ0v) is 12.5. The van der Waals surface area contributed by atoms with Crippen LogP contribution in [0, 0.1) is 12.8 Å². The summed E-state index contributed by atoms with van der Waals surface area (Å²) in [5, 5.41) is 13.7. The summed E-state index contributed by atoms with van der Waals surface area (Å²) in [5.41, 5.74) is 2.15. The molecule has 1 aromatic heterocycles. The first-order valence-corrected chi connectivity index (χ1v) is 7.42. The Hall–Kier alpha value is -1.72. The summed E-state index contributed by atoms with van der Waals surface area (Å²) in [5.74, 6) is 1.63. The SMILES string of the molecule is Cc1ccc(-c2nc(CN3CCC(C(C)O)C3)no2)cc1. The van der Waals surface area contributed by atoms with Crippen LogP contribution in [0.2, 0.25) is 0 Å². The predicted octanol–water partition coefficient (Wildman–Crippen LogP) is 2.25. The van der Waals surface area contributed by atoms with Crippen LogP contribution in [0.15, 0.2) is 28.8 Å². The van der Waals surface area contributed by atoms with Crippen molar-refractivity contribution in [2.45, 2.75) is 32.9 Å². The van der Waals surface area contributed by atoms with Gasteiger partial charge in [0.2, 0.25) is 0 Å². The normalized spacial score (nSPS) is 20.8. The molecule has 2 aromatic rings. The molecule has 5 nitrogen and oxygen atoms in total. The second kappa shape index (κ2) is 5.95. The molecular weight excluding hydrogens is 266 g/mol. The minimum Gasteiger partial charge on any atom is -0.393 e. The van der Waals surface area contributed by atoms with Gasteiger partial charge in [0, 0.05) is 12.1 Å². The zero-order chi connectivity index (χ0) is 14.8. The van der Waals surface area contributed by atoms with Crippen LogP contribution < -0.4 is 0 Å². The first-order chi connectivity index (χ1) is 10.1. The lowest BCUT2D eigenvalue weighted by molar-refractivity contribution is 0.127. The van der Waals surface area contributed by atoms with E-state index >= 15 is 0 Å². The highest BCUT2D eigenvalue weighted by atomic mass is 16.5. The summed E-state index contributed by atoms with van der Waals surface area (Å²) in [4.78, 5) is 6.73. The van der Waals surface area contributed by atoms with Gasteiger partial charge in [-0.2, -0.15) is 4.98 Å². The molecule has 2 heterocycles. The fourth-order valence-corrected chi connectivity index (χ4v) is 2.73. The van der Waals surface area contributed by atoms with E-state index in [4.69, 9.17) is 4.52 Å². The zero-order valence-electron chi connectivity index (χ0n) is 12.5. The lowest BCUT2D eigenvalue weighted by Crippen LogP contribution is -2.24. The minimum absolute atomic E-state index is 0.247. The van der Waals surface area contributed by atoms with Crippen molar-refractivity contribution in [2.24, 2.45) is 5.92 Å². The van der Waals surface area contributed by atoms with Crippen molar-refractivity contribution in [1.29, 1.82) is 0 Å². The Morgan fingerprint density at radius 2 is 2.14 bits per heavy atom. The maximum atomic E-state index is 9.63. The van der Waals surface area contributed by atoms with Crippen LogP contribution in [-0.4, -0.2) is 39.3 Å². The van der Waals surface area contributed by atoms with Gasteiger partial charge in [-0.1, -0.05) is 22.9 Å². The molecule has 1 aromatic carbocycles. The highest BCUT2D eigenvalue weighted by Gasteiger charge is 2.26. The van der Waals surface area contributed by atoms with Crippen LogP contribution >= 0.6 is 0 Å². The number of benzene rings is 1. The molecule has 112 valence electrons.